The maximum atomic E-state index is 13.8. The van der Waals surface area contributed by atoms with Crippen LogP contribution in [-0.2, 0) is 32.1 Å². The predicted molar refractivity (Wildman–Crippen MR) is 546 cm³/mol. The molecule has 0 aliphatic rings. The van der Waals surface area contributed by atoms with Crippen LogP contribution in [-0.4, -0.2) is 92.4 Å². The quantitative estimate of drug-likeness (QED) is 0.0196. The van der Waals surface area contributed by atoms with E-state index in [9.17, 15) is 28.0 Å². The molecule has 0 aliphatic heterocycles. The van der Waals surface area contributed by atoms with Crippen LogP contribution in [0.4, 0.5) is 82.7 Å². The summed E-state index contributed by atoms with van der Waals surface area (Å²) in [5.74, 6) is -1.46. The highest BCUT2D eigenvalue weighted by molar-refractivity contribution is 6.06. The normalized spacial score (nSPS) is 10.7. The summed E-state index contributed by atoms with van der Waals surface area (Å²) in [5, 5.41) is 25.1. The predicted octanol–water partition coefficient (Wildman–Crippen LogP) is 24.1. The SMILES string of the molecule is CN(C)c1ccc2nccc(Nc3ccc(C(=O)Nc4ccc(Cc5ccncc5)cc4)nc3)c2c1.O=C(Cc1cccc(Cc2ccncc2)c1)c1cccc(Nc2ccnc3ccc(F)cc23)c1.O=C(Nc1ccc(Cc2ccncc2)cc1)c1ccc(Nc2ccnc3ccc(F)cc23)cn1.[C-]#[N+]c1ccc2nccc(Nc3ccc(C(=O)Nc4ccc(Cc5ccncc5)cc4)nc3)c2c1. The molecule has 20 aromatic rings. The zero-order valence-corrected chi connectivity index (χ0v) is 75.3. The zero-order chi connectivity index (χ0) is 95.6. The van der Waals surface area contributed by atoms with E-state index in [1.54, 1.807) is 160 Å². The monoisotopic (exact) mass is 1830 g/mol. The molecule has 0 spiro atoms. The van der Waals surface area contributed by atoms with Crippen molar-refractivity contribution in [2.75, 3.05) is 56.2 Å². The smallest absolute Gasteiger partial charge is 0.274 e. The van der Waals surface area contributed by atoms with Gasteiger partial charge in [-0.25, -0.2) is 28.6 Å². The Morgan fingerprint density at radius 2 is 0.626 bits per heavy atom. The number of anilines is 12. The highest BCUT2D eigenvalue weighted by Crippen LogP contribution is 2.34. The molecule has 139 heavy (non-hydrogen) atoms. The first kappa shape index (κ1) is 92.0. The Bertz CT molecular complexity index is 7760. The number of halogens is 2. The van der Waals surface area contributed by atoms with E-state index < -0.39 is 0 Å². The number of pyridine rings is 11. The number of hydrogen-bond donors (Lipinski definition) is 7. The minimum Gasteiger partial charge on any atom is -0.378 e. The largest absolute Gasteiger partial charge is 0.378 e. The van der Waals surface area contributed by atoms with E-state index >= 15 is 0 Å². The number of Topliss-reactive ketones (excluding diaryl/α,β-unsaturated/α-hetero) is 1. The molecule has 0 bridgehead atoms. The van der Waals surface area contributed by atoms with Crippen molar-refractivity contribution in [3.63, 3.8) is 0 Å². The minimum absolute atomic E-state index is 0.0374. The zero-order valence-electron chi connectivity index (χ0n) is 75.3. The van der Waals surface area contributed by atoms with Crippen LogP contribution >= 0.6 is 0 Å². The Morgan fingerprint density at radius 3 is 1.00 bits per heavy atom. The average Bonchev–Trinajstić information content (AvgIpc) is 0.804. The summed E-state index contributed by atoms with van der Waals surface area (Å²) >= 11 is 0. The standard InChI is InChI=1S/C29H22FN3O.C29H26N6O.C28H20N6O.C27H20FN5O/c30-24-7-8-27-26(19-24)28(11-14-32-27)33-25-6-2-5-23(18-25)29(34)17-22-4-1-3-21(16-22)15-20-9-12-31-13-10-20;1-35(2)24-8-10-26-25(18-24)27(13-16-31-26)33-23-7-9-28(32-19-23)29(36)34-22-5-3-20(4-6-22)17-21-11-14-30-15-12-21;1-29-22-6-8-25-24(17-22)26(12-15-31-25)33-23-7-9-27(32-18-23)28(35)34-21-4-2-19(3-5-21)16-20-10-13-30-14-11-20;28-20-3-7-24-23(16-20)25(11-14-30-24)32-22-6-8-26(31-17-22)27(34)33-21-4-1-18(2-5-21)15-19-9-12-29-13-10-19/h1-14,16,18-19H,15,17H2,(H,32,33);3-16,18-19H,17H2,1-2H3,(H,31,33)(H,34,36);2-15,17-18H,16H2,(H,31,33)(H,34,35);1-14,16-17H,15H2,(H,30,32)(H,33,34). The summed E-state index contributed by atoms with van der Waals surface area (Å²) in [4.78, 5) is 103. The van der Waals surface area contributed by atoms with Gasteiger partial charge in [0.05, 0.1) is 64.3 Å². The Kier molecular flexibility index (Phi) is 29.5. The van der Waals surface area contributed by atoms with Gasteiger partial charge in [0.25, 0.3) is 17.7 Å². The van der Waals surface area contributed by atoms with E-state index in [-0.39, 0.29) is 40.8 Å². The van der Waals surface area contributed by atoms with E-state index in [4.69, 9.17) is 6.57 Å². The minimum atomic E-state index is -0.334. The third-order valence-corrected chi connectivity index (χ3v) is 22.4. The summed E-state index contributed by atoms with van der Waals surface area (Å²) in [5.41, 5.74) is 24.8. The number of nitrogens with one attached hydrogen (secondary N) is 7. The number of aromatic nitrogens is 11. The van der Waals surface area contributed by atoms with Crippen molar-refractivity contribution in [2.45, 2.75) is 32.1 Å². The van der Waals surface area contributed by atoms with Gasteiger partial charge in [-0.1, -0.05) is 78.9 Å². The van der Waals surface area contributed by atoms with Crippen LogP contribution in [0.1, 0.15) is 91.9 Å². The van der Waals surface area contributed by atoms with Gasteiger partial charge < -0.3 is 42.1 Å². The molecule has 0 saturated carbocycles. The number of carbonyl (C=O) groups excluding carboxylic acids is 4. The highest BCUT2D eigenvalue weighted by Gasteiger charge is 2.18. The molecule has 0 radical (unpaired) electrons. The topological polar surface area (TPSA) is 302 Å². The van der Waals surface area contributed by atoms with Crippen molar-refractivity contribution in [1.82, 2.24) is 54.8 Å². The third-order valence-electron chi connectivity index (χ3n) is 22.4. The second-order valence-electron chi connectivity index (χ2n) is 32.5. The van der Waals surface area contributed by atoms with Gasteiger partial charge in [-0.05, 0) is 300 Å². The molecule has 11 aromatic heterocycles. The van der Waals surface area contributed by atoms with Gasteiger partial charge in [0.1, 0.15) is 28.7 Å². The van der Waals surface area contributed by atoms with Crippen LogP contribution in [0.3, 0.4) is 0 Å². The number of amides is 3. The molecule has 0 unspecified atom stereocenters. The highest BCUT2D eigenvalue weighted by atomic mass is 19.1. The van der Waals surface area contributed by atoms with Crippen LogP contribution < -0.4 is 42.1 Å². The van der Waals surface area contributed by atoms with Crippen LogP contribution in [0, 0.1) is 18.2 Å². The lowest BCUT2D eigenvalue weighted by Gasteiger charge is -2.15. The number of benzene rings is 9. The molecule has 26 heteroatoms. The first-order valence-corrected chi connectivity index (χ1v) is 44.4. The van der Waals surface area contributed by atoms with E-state index in [1.807, 2.05) is 208 Å². The maximum Gasteiger partial charge on any atom is 0.274 e. The summed E-state index contributed by atoms with van der Waals surface area (Å²) in [6.07, 6.45) is 29.4. The Hall–Kier alpha value is -18.9. The number of hydrogen-bond acceptors (Lipinski definition) is 20. The fourth-order valence-electron chi connectivity index (χ4n) is 15.3. The van der Waals surface area contributed by atoms with Gasteiger partial charge >= 0.3 is 0 Å². The average molecular weight is 1830 g/mol. The van der Waals surface area contributed by atoms with Gasteiger partial charge in [0.2, 0.25) is 0 Å². The number of carbonyl (C=O) groups is 4. The van der Waals surface area contributed by atoms with Crippen molar-refractivity contribution >= 4 is 141 Å². The Balaban J connectivity index is 0.000000128. The molecule has 0 aliphatic carbocycles. The number of nitrogens with zero attached hydrogens (tertiary/aromatic N) is 13. The summed E-state index contributed by atoms with van der Waals surface area (Å²) < 4.78 is 27.5. The molecule has 24 nitrogen and oxygen atoms in total. The molecule has 7 N–H and O–H groups in total. The van der Waals surface area contributed by atoms with Crippen LogP contribution in [0.2, 0.25) is 0 Å². The third kappa shape index (κ3) is 25.1. The van der Waals surface area contributed by atoms with Gasteiger partial charge in [-0.15, -0.1) is 0 Å². The van der Waals surface area contributed by atoms with Gasteiger partial charge in [-0.2, -0.15) is 0 Å². The Morgan fingerprint density at radius 1 is 0.295 bits per heavy atom. The Labute approximate surface area is 799 Å². The molecule has 11 heterocycles. The molecule has 0 saturated heterocycles. The second kappa shape index (κ2) is 44.5. The molecule has 9 aromatic carbocycles. The summed E-state index contributed by atoms with van der Waals surface area (Å²) in [6, 6.07) is 93.0. The van der Waals surface area contributed by atoms with Gasteiger partial charge in [-0.3, -0.25) is 59.0 Å². The van der Waals surface area contributed by atoms with Crippen molar-refractivity contribution in [3.05, 3.63) is 492 Å². The lowest BCUT2D eigenvalue weighted by molar-refractivity contribution is 0.0988. The lowest BCUT2D eigenvalue weighted by Crippen LogP contribution is -2.13. The van der Waals surface area contributed by atoms with Crippen molar-refractivity contribution in [3.8, 4) is 0 Å². The van der Waals surface area contributed by atoms with E-state index in [0.717, 1.165) is 121 Å². The van der Waals surface area contributed by atoms with Crippen molar-refractivity contribution < 1.29 is 28.0 Å². The molecule has 678 valence electrons. The van der Waals surface area contributed by atoms with Gasteiger partial charge in [0, 0.05) is 173 Å². The summed E-state index contributed by atoms with van der Waals surface area (Å²) in [6.45, 7) is 7.25. The lowest BCUT2D eigenvalue weighted by atomic mass is 9.98. The van der Waals surface area contributed by atoms with Crippen molar-refractivity contribution in [2.24, 2.45) is 0 Å². The molecule has 20 rings (SSSR count). The molecule has 0 atom stereocenters. The van der Waals surface area contributed by atoms with Crippen LogP contribution in [0.25, 0.3) is 48.5 Å². The van der Waals surface area contributed by atoms with Crippen LogP contribution in [0.5, 0.6) is 0 Å². The van der Waals surface area contributed by atoms with Gasteiger partial charge in [0.15, 0.2) is 11.5 Å². The van der Waals surface area contributed by atoms with E-state index in [0.29, 0.717) is 73.6 Å². The van der Waals surface area contributed by atoms with E-state index in [1.165, 1.54) is 46.5 Å². The number of fused-ring (bicyclic) bond motifs is 4. The maximum absolute atomic E-state index is 13.8. The number of ketones is 1. The summed E-state index contributed by atoms with van der Waals surface area (Å²) in [7, 11) is 4.02. The molecular weight excluding hydrogens is 1740 g/mol. The first-order valence-electron chi connectivity index (χ1n) is 44.4. The molecule has 3 amide bonds. The molecule has 0 fully saturated rings. The fraction of sp³-hybridized carbons (Fsp3) is 0.0619. The van der Waals surface area contributed by atoms with E-state index in [2.05, 4.69) is 120 Å². The van der Waals surface area contributed by atoms with Crippen molar-refractivity contribution in [1.29, 1.82) is 0 Å². The second-order valence-corrected chi connectivity index (χ2v) is 32.5. The first-order chi connectivity index (χ1) is 68.0. The number of rotatable bonds is 26. The fourth-order valence-corrected chi connectivity index (χ4v) is 15.3. The molecular formula is C113H88F2N20O4. The van der Waals surface area contributed by atoms with Crippen LogP contribution in [0.15, 0.2) is 396 Å².